The molecule has 0 aliphatic rings. The maximum Gasteiger partial charge on any atom is 0.341 e. The number of esters is 1. The molecule has 0 aliphatic heterocycles. The van der Waals surface area contributed by atoms with E-state index >= 15 is 0 Å². The molecule has 0 bridgehead atoms. The predicted molar refractivity (Wildman–Crippen MR) is 70.2 cm³/mol. The van der Waals surface area contributed by atoms with Crippen LogP contribution >= 0.6 is 0 Å². The average molecular weight is 277 g/mol. The van der Waals surface area contributed by atoms with Crippen LogP contribution in [0.4, 0.5) is 5.82 Å². The van der Waals surface area contributed by atoms with Gasteiger partial charge in [-0.15, -0.1) is 0 Å². The molecule has 0 aromatic carbocycles. The Morgan fingerprint density at radius 2 is 2.25 bits per heavy atom. The Labute approximate surface area is 115 Å². The molecule has 0 aliphatic carbocycles. The minimum absolute atomic E-state index is 0.240. The number of carbonyl (C=O) groups is 1. The summed E-state index contributed by atoms with van der Waals surface area (Å²) in [6, 6.07) is 1.56. The Kier molecular flexibility index (Phi) is 4.26. The normalized spacial score (nSPS) is 10.5. The molecular formula is C12H15N5O3. The topological polar surface area (TPSA) is 105 Å². The third kappa shape index (κ3) is 3.09. The largest absolute Gasteiger partial charge is 0.462 e. The van der Waals surface area contributed by atoms with Gasteiger partial charge >= 0.3 is 5.97 Å². The molecule has 0 unspecified atom stereocenters. The number of hydrogen-bond acceptors (Lipinski definition) is 7. The van der Waals surface area contributed by atoms with Crippen molar-refractivity contribution in [1.82, 2.24) is 19.7 Å². The van der Waals surface area contributed by atoms with Gasteiger partial charge in [0.2, 0.25) is 0 Å². The van der Waals surface area contributed by atoms with Gasteiger partial charge in [-0.3, -0.25) is 0 Å². The molecule has 0 spiro atoms. The summed E-state index contributed by atoms with van der Waals surface area (Å²) >= 11 is 0. The first-order valence-corrected chi connectivity index (χ1v) is 5.98. The minimum atomic E-state index is -0.433. The number of hydrogen-bond donors (Lipinski definition) is 1. The predicted octanol–water partition coefficient (Wildman–Crippen LogP) is 0.568. The zero-order chi connectivity index (χ0) is 14.5. The SMILES string of the molecule is CCOC(=O)c1cnn(-c2cc(N)nc(COC)n2)c1. The van der Waals surface area contributed by atoms with Crippen LogP contribution in [0.3, 0.4) is 0 Å². The van der Waals surface area contributed by atoms with Gasteiger partial charge in [0.05, 0.1) is 18.4 Å². The van der Waals surface area contributed by atoms with E-state index < -0.39 is 5.97 Å². The molecule has 8 heteroatoms. The quantitative estimate of drug-likeness (QED) is 0.796. The van der Waals surface area contributed by atoms with Gasteiger partial charge in [-0.2, -0.15) is 5.10 Å². The summed E-state index contributed by atoms with van der Waals surface area (Å²) in [6.07, 6.45) is 2.93. The van der Waals surface area contributed by atoms with Crippen molar-refractivity contribution in [2.45, 2.75) is 13.5 Å². The number of anilines is 1. The van der Waals surface area contributed by atoms with Crippen molar-refractivity contribution in [3.63, 3.8) is 0 Å². The Hall–Kier alpha value is -2.48. The lowest BCUT2D eigenvalue weighted by atomic mass is 10.4. The highest BCUT2D eigenvalue weighted by Crippen LogP contribution is 2.10. The fraction of sp³-hybridized carbons (Fsp3) is 0.333. The van der Waals surface area contributed by atoms with E-state index in [9.17, 15) is 4.79 Å². The van der Waals surface area contributed by atoms with Crippen LogP contribution in [-0.2, 0) is 16.1 Å². The number of nitrogens with two attached hydrogens (primary N) is 1. The van der Waals surface area contributed by atoms with Crippen LogP contribution in [-0.4, -0.2) is 39.4 Å². The minimum Gasteiger partial charge on any atom is -0.462 e. The third-order valence-electron chi connectivity index (χ3n) is 2.38. The first kappa shape index (κ1) is 13.9. The maximum atomic E-state index is 11.6. The van der Waals surface area contributed by atoms with Crippen LogP contribution in [0.25, 0.3) is 5.82 Å². The summed E-state index contributed by atoms with van der Waals surface area (Å²) in [6.45, 7) is 2.29. The Morgan fingerprint density at radius 3 is 2.95 bits per heavy atom. The third-order valence-corrected chi connectivity index (χ3v) is 2.38. The molecular weight excluding hydrogens is 262 g/mol. The van der Waals surface area contributed by atoms with Crippen LogP contribution in [0.1, 0.15) is 23.1 Å². The van der Waals surface area contributed by atoms with Gasteiger partial charge in [0.15, 0.2) is 11.6 Å². The van der Waals surface area contributed by atoms with Crippen LogP contribution in [0.15, 0.2) is 18.5 Å². The lowest BCUT2D eigenvalue weighted by molar-refractivity contribution is 0.0526. The van der Waals surface area contributed by atoms with E-state index in [1.807, 2.05) is 0 Å². The molecule has 2 rings (SSSR count). The Balaban J connectivity index is 2.29. The molecule has 2 N–H and O–H groups in total. The summed E-state index contributed by atoms with van der Waals surface area (Å²) in [7, 11) is 1.54. The van der Waals surface area contributed by atoms with E-state index in [2.05, 4.69) is 15.1 Å². The number of nitrogen functional groups attached to an aromatic ring is 1. The van der Waals surface area contributed by atoms with Crippen molar-refractivity contribution < 1.29 is 14.3 Å². The molecule has 0 radical (unpaired) electrons. The van der Waals surface area contributed by atoms with E-state index in [-0.39, 0.29) is 6.61 Å². The van der Waals surface area contributed by atoms with Crippen molar-refractivity contribution in [3.05, 3.63) is 29.8 Å². The zero-order valence-corrected chi connectivity index (χ0v) is 11.2. The maximum absolute atomic E-state index is 11.6. The molecule has 2 aromatic rings. The van der Waals surface area contributed by atoms with Gasteiger partial charge < -0.3 is 15.2 Å². The molecule has 0 fully saturated rings. The number of rotatable bonds is 5. The standard InChI is InChI=1S/C12H15N5O3/c1-3-20-12(18)8-5-14-17(6-8)11-4-9(13)15-10(16-11)7-19-2/h4-6H,3,7H2,1-2H3,(H2,13,15,16). The molecule has 0 saturated heterocycles. The molecule has 20 heavy (non-hydrogen) atoms. The van der Waals surface area contributed by atoms with E-state index in [4.69, 9.17) is 15.2 Å². The fourth-order valence-electron chi connectivity index (χ4n) is 1.58. The highest BCUT2D eigenvalue weighted by Gasteiger charge is 2.12. The van der Waals surface area contributed by atoms with Crippen molar-refractivity contribution in [3.8, 4) is 5.82 Å². The summed E-state index contributed by atoms with van der Waals surface area (Å²) in [5.74, 6) is 0.768. The first-order valence-electron chi connectivity index (χ1n) is 5.98. The summed E-state index contributed by atoms with van der Waals surface area (Å²) < 4.78 is 11.3. The Morgan fingerprint density at radius 1 is 1.45 bits per heavy atom. The van der Waals surface area contributed by atoms with E-state index in [1.165, 1.54) is 17.1 Å². The van der Waals surface area contributed by atoms with E-state index in [0.29, 0.717) is 29.6 Å². The van der Waals surface area contributed by atoms with Gasteiger partial charge in [0.25, 0.3) is 0 Å². The summed E-state index contributed by atoms with van der Waals surface area (Å²) in [5, 5.41) is 4.06. The number of carbonyl (C=O) groups excluding carboxylic acids is 1. The van der Waals surface area contributed by atoms with Gasteiger partial charge in [-0.25, -0.2) is 19.4 Å². The lowest BCUT2D eigenvalue weighted by Gasteiger charge is -2.04. The fourth-order valence-corrected chi connectivity index (χ4v) is 1.58. The van der Waals surface area contributed by atoms with E-state index in [1.54, 1.807) is 20.1 Å². The zero-order valence-electron chi connectivity index (χ0n) is 11.2. The van der Waals surface area contributed by atoms with Crippen molar-refractivity contribution >= 4 is 11.8 Å². The second-order valence-electron chi connectivity index (χ2n) is 3.89. The average Bonchev–Trinajstić information content (AvgIpc) is 2.88. The first-order chi connectivity index (χ1) is 9.63. The van der Waals surface area contributed by atoms with Gasteiger partial charge in [-0.1, -0.05) is 0 Å². The monoisotopic (exact) mass is 277 g/mol. The molecule has 0 saturated carbocycles. The number of nitrogens with zero attached hydrogens (tertiary/aromatic N) is 4. The van der Waals surface area contributed by atoms with Gasteiger partial charge in [-0.05, 0) is 6.92 Å². The molecule has 106 valence electrons. The van der Waals surface area contributed by atoms with Crippen molar-refractivity contribution in [2.75, 3.05) is 19.5 Å². The molecule has 8 nitrogen and oxygen atoms in total. The summed E-state index contributed by atoms with van der Waals surface area (Å²) in [5.41, 5.74) is 6.05. The second kappa shape index (κ2) is 6.11. The van der Waals surface area contributed by atoms with Gasteiger partial charge in [0, 0.05) is 19.4 Å². The molecule has 2 aromatic heterocycles. The van der Waals surface area contributed by atoms with E-state index in [0.717, 1.165) is 0 Å². The smallest absolute Gasteiger partial charge is 0.341 e. The molecule has 2 heterocycles. The number of aromatic nitrogens is 4. The molecule has 0 atom stereocenters. The molecule has 0 amide bonds. The Bertz CT molecular complexity index is 611. The lowest BCUT2D eigenvalue weighted by Crippen LogP contribution is -2.07. The highest BCUT2D eigenvalue weighted by molar-refractivity contribution is 5.88. The van der Waals surface area contributed by atoms with Crippen LogP contribution < -0.4 is 5.73 Å². The second-order valence-corrected chi connectivity index (χ2v) is 3.89. The highest BCUT2D eigenvalue weighted by atomic mass is 16.5. The van der Waals surface area contributed by atoms with Crippen molar-refractivity contribution in [1.29, 1.82) is 0 Å². The van der Waals surface area contributed by atoms with Crippen molar-refractivity contribution in [2.24, 2.45) is 0 Å². The van der Waals surface area contributed by atoms with Crippen LogP contribution in [0.2, 0.25) is 0 Å². The number of methoxy groups -OCH3 is 1. The van der Waals surface area contributed by atoms with Crippen LogP contribution in [0, 0.1) is 0 Å². The number of ether oxygens (including phenoxy) is 2. The van der Waals surface area contributed by atoms with Crippen LogP contribution in [0.5, 0.6) is 0 Å². The summed E-state index contributed by atoms with van der Waals surface area (Å²) in [4.78, 5) is 19.8. The van der Waals surface area contributed by atoms with Gasteiger partial charge in [0.1, 0.15) is 12.4 Å².